The maximum Gasteiger partial charge on any atom is 0.417 e. The summed E-state index contributed by atoms with van der Waals surface area (Å²) in [6, 6.07) is 5.82. The van der Waals surface area contributed by atoms with Crippen LogP contribution in [-0.2, 0) is 17.5 Å². The molecule has 0 saturated heterocycles. The lowest BCUT2D eigenvalue weighted by Crippen LogP contribution is -2.39. The van der Waals surface area contributed by atoms with Gasteiger partial charge in [0.05, 0.1) is 30.1 Å². The van der Waals surface area contributed by atoms with E-state index >= 15 is 0 Å². The van der Waals surface area contributed by atoms with Gasteiger partial charge in [0, 0.05) is 49.7 Å². The van der Waals surface area contributed by atoms with Crippen molar-refractivity contribution in [2.24, 2.45) is 0 Å². The van der Waals surface area contributed by atoms with E-state index < -0.39 is 11.7 Å². The fourth-order valence-corrected chi connectivity index (χ4v) is 4.46. The number of nitriles is 1. The molecular formula is C22H27F3N4O. The SMILES string of the molecule is CCN(c1ccc(C#N)c(C(F)(F)F)c1)[C@@H]1CCC[C@H](c2cncn2CCOC)C1. The summed E-state index contributed by atoms with van der Waals surface area (Å²) in [5, 5.41) is 9.06. The van der Waals surface area contributed by atoms with E-state index in [4.69, 9.17) is 10.00 Å². The van der Waals surface area contributed by atoms with Crippen LogP contribution in [0.4, 0.5) is 18.9 Å². The molecule has 1 saturated carbocycles. The van der Waals surface area contributed by atoms with E-state index in [1.807, 2.05) is 24.3 Å². The van der Waals surface area contributed by atoms with Crippen molar-refractivity contribution in [1.82, 2.24) is 9.55 Å². The Morgan fingerprint density at radius 1 is 1.33 bits per heavy atom. The Morgan fingerprint density at radius 3 is 2.80 bits per heavy atom. The van der Waals surface area contributed by atoms with Crippen LogP contribution in [0.5, 0.6) is 0 Å². The molecule has 5 nitrogen and oxygen atoms in total. The molecule has 0 unspecified atom stereocenters. The van der Waals surface area contributed by atoms with Gasteiger partial charge in [0.1, 0.15) is 0 Å². The Kier molecular flexibility index (Phi) is 7.03. The van der Waals surface area contributed by atoms with E-state index in [9.17, 15) is 13.2 Å². The Morgan fingerprint density at radius 2 is 2.13 bits per heavy atom. The van der Waals surface area contributed by atoms with E-state index in [1.54, 1.807) is 19.2 Å². The summed E-state index contributed by atoms with van der Waals surface area (Å²) in [4.78, 5) is 6.33. The number of methoxy groups -OCH3 is 1. The number of rotatable bonds is 7. The van der Waals surface area contributed by atoms with Gasteiger partial charge in [0.2, 0.25) is 0 Å². The van der Waals surface area contributed by atoms with Gasteiger partial charge in [0.25, 0.3) is 0 Å². The van der Waals surface area contributed by atoms with Crippen molar-refractivity contribution < 1.29 is 17.9 Å². The fraction of sp³-hybridized carbons (Fsp3) is 0.545. The number of hydrogen-bond donors (Lipinski definition) is 0. The van der Waals surface area contributed by atoms with Crippen LogP contribution in [-0.4, -0.2) is 35.9 Å². The largest absolute Gasteiger partial charge is 0.417 e. The molecule has 0 radical (unpaired) electrons. The maximum absolute atomic E-state index is 13.4. The first-order valence-electron chi connectivity index (χ1n) is 10.3. The predicted molar refractivity (Wildman–Crippen MR) is 108 cm³/mol. The fourth-order valence-electron chi connectivity index (χ4n) is 4.46. The molecule has 1 fully saturated rings. The minimum Gasteiger partial charge on any atom is -0.383 e. The van der Waals surface area contributed by atoms with Crippen molar-refractivity contribution >= 4 is 5.69 Å². The maximum atomic E-state index is 13.4. The third-order valence-corrected chi connectivity index (χ3v) is 5.89. The first-order valence-corrected chi connectivity index (χ1v) is 10.3. The lowest BCUT2D eigenvalue weighted by molar-refractivity contribution is -0.137. The van der Waals surface area contributed by atoms with Crippen LogP contribution in [0.15, 0.2) is 30.7 Å². The number of nitrogens with zero attached hydrogens (tertiary/aromatic N) is 4. The summed E-state index contributed by atoms with van der Waals surface area (Å²) in [5.74, 6) is 0.303. The van der Waals surface area contributed by atoms with Gasteiger partial charge < -0.3 is 14.2 Å². The van der Waals surface area contributed by atoms with Crippen molar-refractivity contribution in [3.8, 4) is 6.07 Å². The molecule has 2 aromatic rings. The first kappa shape index (κ1) is 22.2. The van der Waals surface area contributed by atoms with Gasteiger partial charge in [-0.25, -0.2) is 4.98 Å². The quantitative estimate of drug-likeness (QED) is 0.634. The summed E-state index contributed by atoms with van der Waals surface area (Å²) in [5.41, 5.74) is 0.461. The molecule has 2 atom stereocenters. The van der Waals surface area contributed by atoms with E-state index in [0.29, 0.717) is 24.8 Å². The van der Waals surface area contributed by atoms with Crippen molar-refractivity contribution in [2.75, 3.05) is 25.2 Å². The van der Waals surface area contributed by atoms with Crippen LogP contribution in [0.25, 0.3) is 0 Å². The van der Waals surface area contributed by atoms with Gasteiger partial charge in [-0.3, -0.25) is 0 Å². The molecule has 1 aliphatic rings. The second-order valence-electron chi connectivity index (χ2n) is 7.65. The summed E-state index contributed by atoms with van der Waals surface area (Å²) in [6.07, 6.45) is 2.97. The average Bonchev–Trinajstić information content (AvgIpc) is 3.21. The molecule has 3 rings (SSSR count). The van der Waals surface area contributed by atoms with Gasteiger partial charge in [-0.05, 0) is 44.4 Å². The number of anilines is 1. The number of ether oxygens (including phenoxy) is 1. The third-order valence-electron chi connectivity index (χ3n) is 5.89. The van der Waals surface area contributed by atoms with E-state index in [2.05, 4.69) is 9.55 Å². The van der Waals surface area contributed by atoms with Crippen LogP contribution in [0, 0.1) is 11.3 Å². The smallest absolute Gasteiger partial charge is 0.383 e. The number of aromatic nitrogens is 2. The van der Waals surface area contributed by atoms with E-state index in [-0.39, 0.29) is 11.6 Å². The van der Waals surface area contributed by atoms with E-state index in [1.165, 1.54) is 6.07 Å². The zero-order chi connectivity index (χ0) is 21.7. The molecule has 8 heteroatoms. The van der Waals surface area contributed by atoms with E-state index in [0.717, 1.165) is 44.0 Å². The first-order chi connectivity index (χ1) is 14.4. The number of hydrogen-bond acceptors (Lipinski definition) is 4. The molecule has 0 bridgehead atoms. The number of halogens is 3. The summed E-state index contributed by atoms with van der Waals surface area (Å²) >= 11 is 0. The van der Waals surface area contributed by atoms with Crippen molar-refractivity contribution in [1.29, 1.82) is 5.26 Å². The minimum atomic E-state index is -4.55. The zero-order valence-corrected chi connectivity index (χ0v) is 17.3. The van der Waals surface area contributed by atoms with Crippen LogP contribution in [0.1, 0.15) is 55.3 Å². The number of benzene rings is 1. The third kappa shape index (κ3) is 4.78. The topological polar surface area (TPSA) is 54.1 Å². The van der Waals surface area contributed by atoms with Gasteiger partial charge in [-0.1, -0.05) is 6.42 Å². The minimum absolute atomic E-state index is 0.133. The molecule has 1 aromatic heterocycles. The average molecular weight is 420 g/mol. The monoisotopic (exact) mass is 420 g/mol. The lowest BCUT2D eigenvalue weighted by atomic mass is 9.82. The highest BCUT2D eigenvalue weighted by molar-refractivity contribution is 5.55. The Labute approximate surface area is 175 Å². The van der Waals surface area contributed by atoms with Gasteiger partial charge in [0.15, 0.2) is 0 Å². The molecule has 162 valence electrons. The molecule has 0 spiro atoms. The Balaban J connectivity index is 1.84. The Hall–Kier alpha value is -2.53. The predicted octanol–water partition coefficient (Wildman–Crippen LogP) is 4.97. The molecule has 1 aliphatic carbocycles. The van der Waals surface area contributed by atoms with Crippen molar-refractivity contribution in [2.45, 2.75) is 57.3 Å². The second kappa shape index (κ2) is 9.52. The highest BCUT2D eigenvalue weighted by atomic mass is 19.4. The highest BCUT2D eigenvalue weighted by Gasteiger charge is 2.35. The van der Waals surface area contributed by atoms with Gasteiger partial charge in [-0.15, -0.1) is 0 Å². The number of imidazole rings is 1. The molecule has 0 aliphatic heterocycles. The zero-order valence-electron chi connectivity index (χ0n) is 17.3. The molecule has 30 heavy (non-hydrogen) atoms. The van der Waals surface area contributed by atoms with Crippen LogP contribution >= 0.6 is 0 Å². The number of alkyl halides is 3. The molecule has 0 N–H and O–H groups in total. The van der Waals surface area contributed by atoms with Crippen molar-refractivity contribution in [3.05, 3.63) is 47.5 Å². The van der Waals surface area contributed by atoms with Crippen LogP contribution in [0.2, 0.25) is 0 Å². The summed E-state index contributed by atoms with van der Waals surface area (Å²) in [6.45, 7) is 3.89. The van der Waals surface area contributed by atoms with Gasteiger partial charge in [-0.2, -0.15) is 18.4 Å². The molecule has 0 amide bonds. The summed E-state index contributed by atoms with van der Waals surface area (Å²) < 4.78 is 47.6. The molecular weight excluding hydrogens is 393 g/mol. The van der Waals surface area contributed by atoms with Crippen LogP contribution < -0.4 is 4.90 Å². The highest BCUT2D eigenvalue weighted by Crippen LogP contribution is 2.39. The summed E-state index contributed by atoms with van der Waals surface area (Å²) in [7, 11) is 1.67. The Bertz CT molecular complexity index is 887. The lowest BCUT2D eigenvalue weighted by Gasteiger charge is -2.39. The standard InChI is InChI=1S/C22H27F3N4O/c1-3-29(19-8-7-17(13-26)20(12-19)22(23,24)25)18-6-4-5-16(11-18)21-14-27-15-28(21)9-10-30-2/h7-8,12,14-16,18H,3-6,9-11H2,1-2H3/t16-,18+/m0/s1. The van der Waals surface area contributed by atoms with Gasteiger partial charge >= 0.3 is 6.18 Å². The molecule has 1 heterocycles. The van der Waals surface area contributed by atoms with Crippen molar-refractivity contribution in [3.63, 3.8) is 0 Å². The molecule has 1 aromatic carbocycles. The van der Waals surface area contributed by atoms with Crippen LogP contribution in [0.3, 0.4) is 0 Å². The normalized spacial score (nSPS) is 19.5. The second-order valence-corrected chi connectivity index (χ2v) is 7.65.